The van der Waals surface area contributed by atoms with Gasteiger partial charge in [-0.25, -0.2) is 4.98 Å². The van der Waals surface area contributed by atoms with Crippen LogP contribution in [0.3, 0.4) is 0 Å². The summed E-state index contributed by atoms with van der Waals surface area (Å²) in [5.41, 5.74) is 0.928. The Morgan fingerprint density at radius 1 is 1.17 bits per heavy atom. The SMILES string of the molecule is C=CCN(CC=C)C(=O)c1ccc(-c2nc3ccccc3s2)o1. The Bertz CT molecular complexity index is 820. The minimum absolute atomic E-state index is 0.183. The van der Waals surface area contributed by atoms with E-state index in [1.54, 1.807) is 40.5 Å². The summed E-state index contributed by atoms with van der Waals surface area (Å²) in [5.74, 6) is 0.715. The van der Waals surface area contributed by atoms with E-state index in [2.05, 4.69) is 18.1 Å². The number of aromatic nitrogens is 1. The molecule has 3 rings (SSSR count). The zero-order valence-corrected chi connectivity index (χ0v) is 13.4. The lowest BCUT2D eigenvalue weighted by Crippen LogP contribution is -2.30. The molecule has 116 valence electrons. The Labute approximate surface area is 138 Å². The summed E-state index contributed by atoms with van der Waals surface area (Å²) in [7, 11) is 0. The normalized spacial score (nSPS) is 10.6. The second-order valence-corrected chi connectivity index (χ2v) is 5.97. The van der Waals surface area contributed by atoms with Crippen molar-refractivity contribution in [3.8, 4) is 10.8 Å². The number of benzene rings is 1. The molecular formula is C18H16N2O2S. The molecule has 0 atom stereocenters. The maximum absolute atomic E-state index is 12.5. The molecule has 0 spiro atoms. The summed E-state index contributed by atoms with van der Waals surface area (Å²) in [6.45, 7) is 8.23. The van der Waals surface area contributed by atoms with Crippen LogP contribution in [0.5, 0.6) is 0 Å². The number of thiazole rings is 1. The smallest absolute Gasteiger partial charge is 0.290 e. The monoisotopic (exact) mass is 324 g/mol. The third-order valence-electron chi connectivity index (χ3n) is 3.31. The van der Waals surface area contributed by atoms with Gasteiger partial charge >= 0.3 is 0 Å². The topological polar surface area (TPSA) is 46.3 Å². The summed E-state index contributed by atoms with van der Waals surface area (Å²) in [5, 5.41) is 0.768. The average molecular weight is 324 g/mol. The molecule has 5 heteroatoms. The number of carbonyl (C=O) groups is 1. The van der Waals surface area contributed by atoms with Gasteiger partial charge in [-0.05, 0) is 24.3 Å². The fourth-order valence-corrected chi connectivity index (χ4v) is 3.18. The van der Waals surface area contributed by atoms with Crippen molar-refractivity contribution in [3.63, 3.8) is 0 Å². The molecule has 0 radical (unpaired) electrons. The van der Waals surface area contributed by atoms with Crippen molar-refractivity contribution < 1.29 is 9.21 Å². The summed E-state index contributed by atoms with van der Waals surface area (Å²) in [6, 6.07) is 11.4. The summed E-state index contributed by atoms with van der Waals surface area (Å²) < 4.78 is 6.81. The highest BCUT2D eigenvalue weighted by molar-refractivity contribution is 7.21. The van der Waals surface area contributed by atoms with Crippen LogP contribution in [0.4, 0.5) is 0 Å². The van der Waals surface area contributed by atoms with Gasteiger partial charge in [0.15, 0.2) is 16.5 Å². The van der Waals surface area contributed by atoms with E-state index in [1.807, 2.05) is 24.3 Å². The van der Waals surface area contributed by atoms with Crippen molar-refractivity contribution in [2.75, 3.05) is 13.1 Å². The molecule has 0 bridgehead atoms. The number of furan rings is 1. The van der Waals surface area contributed by atoms with Crippen LogP contribution in [0.25, 0.3) is 21.0 Å². The third-order valence-corrected chi connectivity index (χ3v) is 4.36. The molecule has 1 aromatic carbocycles. The molecule has 3 aromatic rings. The van der Waals surface area contributed by atoms with Crippen LogP contribution in [-0.4, -0.2) is 28.9 Å². The molecule has 0 fully saturated rings. The van der Waals surface area contributed by atoms with Crippen molar-refractivity contribution in [3.05, 3.63) is 67.5 Å². The zero-order valence-electron chi connectivity index (χ0n) is 12.6. The van der Waals surface area contributed by atoms with Crippen LogP contribution in [0.15, 0.2) is 66.1 Å². The molecule has 0 saturated carbocycles. The fourth-order valence-electron chi connectivity index (χ4n) is 2.25. The molecule has 1 amide bonds. The number of fused-ring (bicyclic) bond motifs is 1. The van der Waals surface area contributed by atoms with Gasteiger partial charge < -0.3 is 9.32 Å². The maximum Gasteiger partial charge on any atom is 0.290 e. The Morgan fingerprint density at radius 2 is 1.91 bits per heavy atom. The van der Waals surface area contributed by atoms with Crippen molar-refractivity contribution in [2.45, 2.75) is 0 Å². The quantitative estimate of drug-likeness (QED) is 0.633. The van der Waals surface area contributed by atoms with Gasteiger partial charge in [0.05, 0.1) is 10.2 Å². The van der Waals surface area contributed by atoms with Gasteiger partial charge in [-0.15, -0.1) is 24.5 Å². The van der Waals surface area contributed by atoms with Crippen molar-refractivity contribution in [1.82, 2.24) is 9.88 Å². The first-order valence-corrected chi connectivity index (χ1v) is 8.01. The molecular weight excluding hydrogens is 308 g/mol. The lowest BCUT2D eigenvalue weighted by atomic mass is 10.3. The molecule has 4 nitrogen and oxygen atoms in total. The van der Waals surface area contributed by atoms with E-state index < -0.39 is 0 Å². The Morgan fingerprint density at radius 3 is 2.61 bits per heavy atom. The van der Waals surface area contributed by atoms with E-state index >= 15 is 0 Å². The van der Waals surface area contributed by atoms with E-state index in [9.17, 15) is 4.79 Å². The van der Waals surface area contributed by atoms with E-state index in [1.165, 1.54) is 0 Å². The molecule has 0 aliphatic rings. The highest BCUT2D eigenvalue weighted by Gasteiger charge is 2.19. The molecule has 2 aromatic heterocycles. The summed E-state index contributed by atoms with van der Waals surface area (Å²) in [6.07, 6.45) is 3.36. The van der Waals surface area contributed by atoms with E-state index in [4.69, 9.17) is 4.42 Å². The second kappa shape index (κ2) is 6.62. The molecule has 0 saturated heterocycles. The first-order chi connectivity index (χ1) is 11.2. The second-order valence-electron chi connectivity index (χ2n) is 4.94. The van der Waals surface area contributed by atoms with Gasteiger partial charge in [-0.1, -0.05) is 24.3 Å². The minimum Gasteiger partial charge on any atom is -0.448 e. The lowest BCUT2D eigenvalue weighted by molar-refractivity contribution is 0.0760. The Hall–Kier alpha value is -2.66. The number of para-hydroxylation sites is 1. The summed E-state index contributed by atoms with van der Waals surface area (Å²) >= 11 is 1.54. The molecule has 23 heavy (non-hydrogen) atoms. The average Bonchev–Trinajstić information content (AvgIpc) is 3.20. The number of nitrogens with zero attached hydrogens (tertiary/aromatic N) is 2. The van der Waals surface area contributed by atoms with Crippen LogP contribution < -0.4 is 0 Å². The highest BCUT2D eigenvalue weighted by atomic mass is 32.1. The molecule has 0 aliphatic carbocycles. The number of hydrogen-bond donors (Lipinski definition) is 0. The Kier molecular flexibility index (Phi) is 4.39. The maximum atomic E-state index is 12.5. The summed E-state index contributed by atoms with van der Waals surface area (Å²) in [4.78, 5) is 18.6. The lowest BCUT2D eigenvalue weighted by Gasteiger charge is -2.17. The molecule has 0 N–H and O–H groups in total. The van der Waals surface area contributed by atoms with Gasteiger partial charge in [-0.3, -0.25) is 4.79 Å². The van der Waals surface area contributed by atoms with Crippen LogP contribution >= 0.6 is 11.3 Å². The molecule has 0 aliphatic heterocycles. The van der Waals surface area contributed by atoms with E-state index in [-0.39, 0.29) is 5.91 Å². The molecule has 0 unspecified atom stereocenters. The largest absolute Gasteiger partial charge is 0.448 e. The fraction of sp³-hybridized carbons (Fsp3) is 0.111. The predicted octanol–water partition coefficient (Wildman–Crippen LogP) is 4.37. The van der Waals surface area contributed by atoms with Crippen LogP contribution in [-0.2, 0) is 0 Å². The third kappa shape index (κ3) is 3.10. The first-order valence-electron chi connectivity index (χ1n) is 7.19. The van der Waals surface area contributed by atoms with Crippen LogP contribution in [0.1, 0.15) is 10.6 Å². The van der Waals surface area contributed by atoms with Gasteiger partial charge in [0.1, 0.15) is 0 Å². The molecule has 2 heterocycles. The predicted molar refractivity (Wildman–Crippen MR) is 93.6 cm³/mol. The van der Waals surface area contributed by atoms with E-state index in [0.29, 0.717) is 24.6 Å². The Balaban J connectivity index is 1.88. The van der Waals surface area contributed by atoms with Crippen LogP contribution in [0, 0.1) is 0 Å². The van der Waals surface area contributed by atoms with Crippen LogP contribution in [0.2, 0.25) is 0 Å². The van der Waals surface area contributed by atoms with E-state index in [0.717, 1.165) is 15.2 Å². The number of hydrogen-bond acceptors (Lipinski definition) is 4. The number of amides is 1. The van der Waals surface area contributed by atoms with Gasteiger partial charge in [0.2, 0.25) is 0 Å². The van der Waals surface area contributed by atoms with Crippen molar-refractivity contribution in [2.24, 2.45) is 0 Å². The van der Waals surface area contributed by atoms with Gasteiger partial charge in [-0.2, -0.15) is 0 Å². The van der Waals surface area contributed by atoms with Crippen molar-refractivity contribution in [1.29, 1.82) is 0 Å². The zero-order chi connectivity index (χ0) is 16.2. The van der Waals surface area contributed by atoms with Gasteiger partial charge in [0, 0.05) is 13.1 Å². The number of carbonyl (C=O) groups excluding carboxylic acids is 1. The van der Waals surface area contributed by atoms with Crippen molar-refractivity contribution >= 4 is 27.5 Å². The minimum atomic E-state index is -0.183. The standard InChI is InChI=1S/C18H16N2O2S/c1-3-11-20(12-4-2)18(21)15-10-9-14(22-15)17-19-13-7-5-6-8-16(13)23-17/h3-10H,1-2,11-12H2. The first kappa shape index (κ1) is 15.2. The highest BCUT2D eigenvalue weighted by Crippen LogP contribution is 2.31. The number of rotatable bonds is 6. The van der Waals surface area contributed by atoms with Gasteiger partial charge in [0.25, 0.3) is 5.91 Å².